The van der Waals surface area contributed by atoms with Crippen molar-refractivity contribution in [2.75, 3.05) is 7.11 Å². The summed E-state index contributed by atoms with van der Waals surface area (Å²) >= 11 is 0. The summed E-state index contributed by atoms with van der Waals surface area (Å²) in [6, 6.07) is 4.86. The quantitative estimate of drug-likeness (QED) is 0.489. The van der Waals surface area contributed by atoms with Crippen LogP contribution in [0.3, 0.4) is 0 Å². The summed E-state index contributed by atoms with van der Waals surface area (Å²) in [5.74, 6) is -0.806. The molecule has 1 N–H and O–H groups in total. The molecule has 1 aromatic carbocycles. The van der Waals surface area contributed by atoms with E-state index >= 15 is 0 Å². The maximum Gasteiger partial charge on any atom is 0.326 e. The van der Waals surface area contributed by atoms with Gasteiger partial charge < -0.3 is 4.74 Å². The van der Waals surface area contributed by atoms with E-state index in [1.807, 2.05) is 0 Å². The van der Waals surface area contributed by atoms with E-state index in [-0.39, 0.29) is 0 Å². The van der Waals surface area contributed by atoms with Crippen LogP contribution >= 0.6 is 0 Å². The lowest BCUT2D eigenvalue weighted by molar-refractivity contribution is -0.387. The number of nitrogens with zero attached hydrogens (tertiary/aromatic N) is 1. The molecule has 0 unspecified atom stereocenters. The second kappa shape index (κ2) is 5.55. The van der Waals surface area contributed by atoms with E-state index in [0.717, 1.165) is 19.2 Å². The van der Waals surface area contributed by atoms with Gasteiger partial charge in [-0.15, -0.1) is 0 Å². The second-order valence-electron chi connectivity index (χ2n) is 4.45. The van der Waals surface area contributed by atoms with E-state index < -0.39 is 37.0 Å². The third-order valence-electron chi connectivity index (χ3n) is 2.44. The van der Waals surface area contributed by atoms with Crippen molar-refractivity contribution >= 4 is 21.7 Å². The monoisotopic (exact) mass is 302 g/mol. The van der Waals surface area contributed by atoms with Gasteiger partial charge in [0.05, 0.1) is 12.0 Å². The number of hydrogen-bond acceptors (Lipinski definition) is 6. The van der Waals surface area contributed by atoms with E-state index in [1.54, 1.807) is 0 Å². The molecule has 0 saturated carbocycles. The molecule has 0 amide bonds. The van der Waals surface area contributed by atoms with Crippen LogP contribution in [-0.2, 0) is 19.6 Å². The van der Waals surface area contributed by atoms with Crippen LogP contribution in [-0.4, -0.2) is 32.0 Å². The van der Waals surface area contributed by atoms with E-state index in [4.69, 9.17) is 0 Å². The van der Waals surface area contributed by atoms with Crippen LogP contribution in [0.1, 0.15) is 13.8 Å². The molecule has 0 atom stereocenters. The number of para-hydroxylation sites is 1. The molecule has 0 spiro atoms. The van der Waals surface area contributed by atoms with Gasteiger partial charge in [-0.3, -0.25) is 14.9 Å². The zero-order valence-corrected chi connectivity index (χ0v) is 11.9. The summed E-state index contributed by atoms with van der Waals surface area (Å²) in [5.41, 5.74) is -2.11. The molecule has 0 saturated heterocycles. The van der Waals surface area contributed by atoms with Crippen molar-refractivity contribution in [3.63, 3.8) is 0 Å². The van der Waals surface area contributed by atoms with Crippen LogP contribution in [0.25, 0.3) is 0 Å². The first-order chi connectivity index (χ1) is 9.12. The molecule has 0 bridgehead atoms. The fourth-order valence-electron chi connectivity index (χ4n) is 1.52. The second-order valence-corrected chi connectivity index (χ2v) is 6.10. The van der Waals surface area contributed by atoms with Crippen LogP contribution in [0.4, 0.5) is 5.69 Å². The summed E-state index contributed by atoms with van der Waals surface area (Å²) in [6.45, 7) is 2.59. The summed E-state index contributed by atoms with van der Waals surface area (Å²) in [6.07, 6.45) is 0. The Morgan fingerprint density at radius 1 is 1.35 bits per heavy atom. The lowest BCUT2D eigenvalue weighted by Crippen LogP contribution is -2.50. The first-order valence-electron chi connectivity index (χ1n) is 5.47. The SMILES string of the molecule is COC(=O)C(C)(C)NS(=O)(=O)c1ccccc1[N+](=O)[O-]. The Kier molecular flexibility index (Phi) is 4.46. The molecule has 0 heterocycles. The highest BCUT2D eigenvalue weighted by Gasteiger charge is 2.36. The number of rotatable bonds is 5. The van der Waals surface area contributed by atoms with E-state index in [0.29, 0.717) is 0 Å². The van der Waals surface area contributed by atoms with Crippen molar-refractivity contribution in [1.29, 1.82) is 0 Å². The van der Waals surface area contributed by atoms with Gasteiger partial charge in [0, 0.05) is 6.07 Å². The van der Waals surface area contributed by atoms with Gasteiger partial charge in [0.1, 0.15) is 5.54 Å². The van der Waals surface area contributed by atoms with Crippen LogP contribution in [0.5, 0.6) is 0 Å². The molecule has 0 fully saturated rings. The molecular formula is C11H14N2O6S. The number of nitro groups is 1. The number of esters is 1. The first kappa shape index (κ1) is 16.1. The molecule has 9 heteroatoms. The van der Waals surface area contributed by atoms with Crippen molar-refractivity contribution in [1.82, 2.24) is 4.72 Å². The standard InChI is InChI=1S/C11H14N2O6S/c1-11(2,10(14)19-3)12-20(17,18)9-7-5-4-6-8(9)13(15)16/h4-7,12H,1-3H3. The lowest BCUT2D eigenvalue weighted by atomic mass is 10.1. The molecule has 20 heavy (non-hydrogen) atoms. The zero-order valence-electron chi connectivity index (χ0n) is 11.1. The van der Waals surface area contributed by atoms with Gasteiger partial charge in [-0.1, -0.05) is 12.1 Å². The van der Waals surface area contributed by atoms with Crippen LogP contribution in [0.15, 0.2) is 29.2 Å². The minimum Gasteiger partial charge on any atom is -0.468 e. The van der Waals surface area contributed by atoms with Crippen molar-refractivity contribution in [2.45, 2.75) is 24.3 Å². The van der Waals surface area contributed by atoms with E-state index in [2.05, 4.69) is 9.46 Å². The molecular weight excluding hydrogens is 288 g/mol. The van der Waals surface area contributed by atoms with Gasteiger partial charge >= 0.3 is 5.97 Å². The molecule has 0 aliphatic heterocycles. The number of hydrogen-bond donors (Lipinski definition) is 1. The highest BCUT2D eigenvalue weighted by atomic mass is 32.2. The van der Waals surface area contributed by atoms with Gasteiger partial charge in [0.2, 0.25) is 10.0 Å². The smallest absolute Gasteiger partial charge is 0.326 e. The highest BCUT2D eigenvalue weighted by Crippen LogP contribution is 2.24. The summed E-state index contributed by atoms with van der Waals surface area (Å²) in [5, 5.41) is 10.8. The first-order valence-corrected chi connectivity index (χ1v) is 6.96. The van der Waals surface area contributed by atoms with Crippen LogP contribution < -0.4 is 4.72 Å². The predicted octanol–water partition coefficient (Wildman–Crippen LogP) is 0.825. The Hall–Kier alpha value is -2.00. The summed E-state index contributed by atoms with van der Waals surface area (Å²) < 4.78 is 30.9. The minimum atomic E-state index is -4.24. The number of nitrogens with one attached hydrogen (secondary N) is 1. The van der Waals surface area contributed by atoms with Gasteiger partial charge in [-0.2, -0.15) is 4.72 Å². The topological polar surface area (TPSA) is 116 Å². The van der Waals surface area contributed by atoms with E-state index in [9.17, 15) is 23.3 Å². The van der Waals surface area contributed by atoms with Crippen LogP contribution in [0.2, 0.25) is 0 Å². The number of sulfonamides is 1. The predicted molar refractivity (Wildman–Crippen MR) is 69.5 cm³/mol. The number of ether oxygens (including phenoxy) is 1. The van der Waals surface area contributed by atoms with Gasteiger partial charge in [0.25, 0.3) is 5.69 Å². The van der Waals surface area contributed by atoms with E-state index in [1.165, 1.54) is 26.0 Å². The number of nitro benzene ring substituents is 1. The van der Waals surface area contributed by atoms with Crippen molar-refractivity contribution in [3.05, 3.63) is 34.4 Å². The van der Waals surface area contributed by atoms with Gasteiger partial charge in [-0.25, -0.2) is 8.42 Å². The fourth-order valence-corrected chi connectivity index (χ4v) is 3.06. The maximum absolute atomic E-state index is 12.2. The number of carbonyl (C=O) groups excluding carboxylic acids is 1. The summed E-state index contributed by atoms with van der Waals surface area (Å²) in [7, 11) is -3.13. The molecule has 0 radical (unpaired) electrons. The van der Waals surface area contributed by atoms with Gasteiger partial charge in [-0.05, 0) is 19.9 Å². The average molecular weight is 302 g/mol. The fraction of sp³-hybridized carbons (Fsp3) is 0.364. The molecule has 0 aliphatic carbocycles. The highest BCUT2D eigenvalue weighted by molar-refractivity contribution is 7.89. The minimum absolute atomic E-state index is 0.512. The maximum atomic E-state index is 12.2. The third kappa shape index (κ3) is 3.31. The largest absolute Gasteiger partial charge is 0.468 e. The lowest BCUT2D eigenvalue weighted by Gasteiger charge is -2.22. The zero-order chi connectivity index (χ0) is 15.6. The Morgan fingerprint density at radius 3 is 2.40 bits per heavy atom. The Bertz CT molecular complexity index is 638. The Labute approximate surface area is 115 Å². The molecule has 1 rings (SSSR count). The average Bonchev–Trinajstić information content (AvgIpc) is 2.36. The van der Waals surface area contributed by atoms with Gasteiger partial charge in [0.15, 0.2) is 4.90 Å². The number of methoxy groups -OCH3 is 1. The third-order valence-corrected chi connectivity index (χ3v) is 4.14. The number of carbonyl (C=O) groups is 1. The molecule has 0 aliphatic rings. The van der Waals surface area contributed by atoms with Crippen LogP contribution in [0, 0.1) is 10.1 Å². The van der Waals surface area contributed by atoms with Crippen molar-refractivity contribution in [3.8, 4) is 0 Å². The summed E-state index contributed by atoms with van der Waals surface area (Å²) in [4.78, 5) is 21.0. The number of benzene rings is 1. The molecule has 1 aromatic rings. The van der Waals surface area contributed by atoms with Crippen molar-refractivity contribution < 1.29 is 22.9 Å². The van der Waals surface area contributed by atoms with Crippen molar-refractivity contribution in [2.24, 2.45) is 0 Å². The molecule has 8 nitrogen and oxygen atoms in total. The normalized spacial score (nSPS) is 11.9. The Morgan fingerprint density at radius 2 is 1.90 bits per heavy atom. The molecule has 0 aromatic heterocycles. The Balaban J connectivity index is 3.26. The molecule has 110 valence electrons.